The Balaban J connectivity index is 2.27. The highest BCUT2D eigenvalue weighted by Crippen LogP contribution is 2.34. The number of hydrogen-bond donors (Lipinski definition) is 1. The maximum atomic E-state index is 6.13. The van der Waals surface area contributed by atoms with Crippen LogP contribution in [0.25, 0.3) is 0 Å². The van der Waals surface area contributed by atoms with Crippen LogP contribution < -0.4 is 5.32 Å². The van der Waals surface area contributed by atoms with Crippen LogP contribution in [0.4, 0.5) is 5.69 Å². The molecule has 2 rings (SSSR count). The molecule has 0 aliphatic carbocycles. The number of halogens is 3. The van der Waals surface area contributed by atoms with Crippen molar-refractivity contribution in [3.63, 3.8) is 0 Å². The van der Waals surface area contributed by atoms with Gasteiger partial charge in [-0.2, -0.15) is 0 Å². The average Bonchev–Trinajstić information content (AvgIpc) is 2.36. The van der Waals surface area contributed by atoms with Gasteiger partial charge >= 0.3 is 0 Å². The molecule has 0 fully saturated rings. The van der Waals surface area contributed by atoms with Gasteiger partial charge in [0.15, 0.2) is 0 Å². The molecule has 1 heterocycles. The fourth-order valence-electron chi connectivity index (χ4n) is 1.78. The van der Waals surface area contributed by atoms with Gasteiger partial charge in [0, 0.05) is 12.4 Å². The number of hydrogen-bond acceptors (Lipinski definition) is 3. The van der Waals surface area contributed by atoms with E-state index in [0.29, 0.717) is 20.8 Å². The van der Waals surface area contributed by atoms with Crippen LogP contribution >= 0.6 is 34.8 Å². The van der Waals surface area contributed by atoms with Gasteiger partial charge in [-0.25, -0.2) is 0 Å². The molecule has 0 radical (unpaired) electrons. The number of nitrogens with one attached hydrogen (secondary N) is 1. The molecule has 1 unspecified atom stereocenters. The van der Waals surface area contributed by atoms with Crippen molar-refractivity contribution in [2.24, 2.45) is 0 Å². The van der Waals surface area contributed by atoms with Crippen molar-refractivity contribution in [2.75, 3.05) is 5.32 Å². The Morgan fingerprint density at radius 1 is 1.00 bits per heavy atom. The Morgan fingerprint density at radius 3 is 2.32 bits per heavy atom. The summed E-state index contributed by atoms with van der Waals surface area (Å²) in [6.07, 6.45) is 3.33. The van der Waals surface area contributed by atoms with E-state index in [1.54, 1.807) is 24.5 Å². The van der Waals surface area contributed by atoms with Crippen LogP contribution in [0.5, 0.6) is 0 Å². The average molecular weight is 317 g/mol. The van der Waals surface area contributed by atoms with Crippen molar-refractivity contribution in [2.45, 2.75) is 19.9 Å². The smallest absolute Gasteiger partial charge is 0.0835 e. The molecule has 3 nitrogen and oxygen atoms in total. The van der Waals surface area contributed by atoms with Crippen LogP contribution in [0, 0.1) is 6.92 Å². The number of nitrogens with zero attached hydrogens (tertiary/aromatic N) is 2. The van der Waals surface area contributed by atoms with E-state index in [-0.39, 0.29) is 6.04 Å². The van der Waals surface area contributed by atoms with Gasteiger partial charge in [-0.3, -0.25) is 9.97 Å². The molecule has 0 saturated heterocycles. The Kier molecular flexibility index (Phi) is 4.50. The first kappa shape index (κ1) is 14.4. The van der Waals surface area contributed by atoms with Gasteiger partial charge in [0.2, 0.25) is 0 Å². The first-order valence-corrected chi connectivity index (χ1v) is 6.81. The van der Waals surface area contributed by atoms with Crippen LogP contribution in [0.3, 0.4) is 0 Å². The molecule has 0 aliphatic heterocycles. The molecular formula is C13H12Cl3N3. The zero-order valence-electron chi connectivity index (χ0n) is 10.4. The normalized spacial score (nSPS) is 12.3. The third kappa shape index (κ3) is 3.30. The van der Waals surface area contributed by atoms with E-state index in [0.717, 1.165) is 11.4 Å². The quantitative estimate of drug-likeness (QED) is 0.817. The summed E-state index contributed by atoms with van der Waals surface area (Å²) in [5.74, 6) is 0. The van der Waals surface area contributed by atoms with Crippen molar-refractivity contribution in [3.05, 3.63) is 51.0 Å². The lowest BCUT2D eigenvalue weighted by Gasteiger charge is -2.17. The minimum Gasteiger partial charge on any atom is -0.376 e. The van der Waals surface area contributed by atoms with Gasteiger partial charge in [-0.05, 0) is 26.0 Å². The van der Waals surface area contributed by atoms with Crippen molar-refractivity contribution in [1.82, 2.24) is 9.97 Å². The lowest BCUT2D eigenvalue weighted by molar-refractivity contribution is 0.810. The Morgan fingerprint density at radius 2 is 1.63 bits per heavy atom. The predicted molar refractivity (Wildman–Crippen MR) is 80.3 cm³/mol. The van der Waals surface area contributed by atoms with Crippen molar-refractivity contribution >= 4 is 40.5 Å². The van der Waals surface area contributed by atoms with Gasteiger partial charge in [0.1, 0.15) is 0 Å². The lowest BCUT2D eigenvalue weighted by Crippen LogP contribution is -2.11. The largest absolute Gasteiger partial charge is 0.376 e. The SMILES string of the molecule is Cc1nccnc1C(C)Nc1cc(Cl)c(Cl)cc1Cl. The van der Waals surface area contributed by atoms with E-state index in [1.807, 2.05) is 13.8 Å². The number of anilines is 1. The first-order valence-electron chi connectivity index (χ1n) is 5.67. The zero-order valence-corrected chi connectivity index (χ0v) is 12.7. The summed E-state index contributed by atoms with van der Waals surface area (Å²) in [4.78, 5) is 8.53. The van der Waals surface area contributed by atoms with Gasteiger partial charge in [0.05, 0.1) is 38.2 Å². The third-order valence-corrected chi connectivity index (χ3v) is 3.75. The van der Waals surface area contributed by atoms with Crippen LogP contribution in [0.2, 0.25) is 15.1 Å². The van der Waals surface area contributed by atoms with E-state index in [9.17, 15) is 0 Å². The highest BCUT2D eigenvalue weighted by Gasteiger charge is 2.13. The predicted octanol–water partition coefficient (Wildman–Crippen LogP) is 4.92. The van der Waals surface area contributed by atoms with Crippen LogP contribution in [0.1, 0.15) is 24.4 Å². The molecule has 19 heavy (non-hydrogen) atoms. The Hall–Kier alpha value is -1.03. The number of rotatable bonds is 3. The fourth-order valence-corrected chi connectivity index (χ4v) is 2.38. The van der Waals surface area contributed by atoms with Crippen molar-refractivity contribution in [3.8, 4) is 0 Å². The topological polar surface area (TPSA) is 37.8 Å². The molecule has 1 aromatic heterocycles. The molecule has 2 aromatic rings. The fraction of sp³-hybridized carbons (Fsp3) is 0.231. The first-order chi connectivity index (χ1) is 8.99. The summed E-state index contributed by atoms with van der Waals surface area (Å²) in [6.45, 7) is 3.90. The summed E-state index contributed by atoms with van der Waals surface area (Å²) in [5, 5.41) is 4.66. The molecule has 0 aliphatic rings. The second-order valence-electron chi connectivity index (χ2n) is 4.14. The minimum atomic E-state index is -0.0385. The standard InChI is InChI=1S/C13H12Cl3N3/c1-7-13(18-4-3-17-7)8(2)19-12-6-10(15)9(14)5-11(12)16/h3-6,8,19H,1-2H3. The molecule has 0 amide bonds. The molecule has 1 atom stereocenters. The highest BCUT2D eigenvalue weighted by molar-refractivity contribution is 6.44. The molecule has 6 heteroatoms. The highest BCUT2D eigenvalue weighted by atomic mass is 35.5. The molecule has 0 spiro atoms. The Bertz CT molecular complexity index is 602. The van der Waals surface area contributed by atoms with E-state index in [1.165, 1.54) is 0 Å². The molecular weight excluding hydrogens is 305 g/mol. The maximum absolute atomic E-state index is 6.13. The molecule has 100 valence electrons. The molecule has 1 aromatic carbocycles. The van der Waals surface area contributed by atoms with E-state index >= 15 is 0 Å². The molecule has 0 bridgehead atoms. The van der Waals surface area contributed by atoms with Gasteiger partial charge in [-0.15, -0.1) is 0 Å². The van der Waals surface area contributed by atoms with Gasteiger partial charge in [0.25, 0.3) is 0 Å². The zero-order chi connectivity index (χ0) is 14.0. The van der Waals surface area contributed by atoms with Crippen LogP contribution in [-0.2, 0) is 0 Å². The van der Waals surface area contributed by atoms with Gasteiger partial charge < -0.3 is 5.32 Å². The van der Waals surface area contributed by atoms with Crippen LogP contribution in [-0.4, -0.2) is 9.97 Å². The maximum Gasteiger partial charge on any atom is 0.0835 e. The molecule has 1 N–H and O–H groups in total. The number of benzene rings is 1. The molecule has 0 saturated carbocycles. The van der Waals surface area contributed by atoms with E-state index in [2.05, 4.69) is 15.3 Å². The lowest BCUT2D eigenvalue weighted by atomic mass is 10.1. The van der Waals surface area contributed by atoms with Gasteiger partial charge in [-0.1, -0.05) is 34.8 Å². The Labute approximate surface area is 126 Å². The summed E-state index contributed by atoms with van der Waals surface area (Å²) in [6, 6.07) is 3.28. The van der Waals surface area contributed by atoms with Crippen molar-refractivity contribution < 1.29 is 0 Å². The third-order valence-electron chi connectivity index (χ3n) is 2.71. The summed E-state index contributed by atoms with van der Waals surface area (Å²) < 4.78 is 0. The van der Waals surface area contributed by atoms with E-state index < -0.39 is 0 Å². The number of aryl methyl sites for hydroxylation is 1. The monoisotopic (exact) mass is 315 g/mol. The summed E-state index contributed by atoms with van der Waals surface area (Å²) in [7, 11) is 0. The summed E-state index contributed by atoms with van der Waals surface area (Å²) >= 11 is 18.0. The van der Waals surface area contributed by atoms with Crippen LogP contribution in [0.15, 0.2) is 24.5 Å². The number of aromatic nitrogens is 2. The van der Waals surface area contributed by atoms with Crippen molar-refractivity contribution in [1.29, 1.82) is 0 Å². The van der Waals surface area contributed by atoms with E-state index in [4.69, 9.17) is 34.8 Å². The minimum absolute atomic E-state index is 0.0385. The second-order valence-corrected chi connectivity index (χ2v) is 5.36. The summed E-state index contributed by atoms with van der Waals surface area (Å²) in [5.41, 5.74) is 2.46. The second kappa shape index (κ2) is 5.95.